The van der Waals surface area contributed by atoms with Gasteiger partial charge in [0.2, 0.25) is 0 Å². The highest BCUT2D eigenvalue weighted by Gasteiger charge is 2.16. The maximum Gasteiger partial charge on any atom is 0.305 e. The normalized spacial score (nSPS) is 14.6. The number of likely N-dealkylation sites (N-methyl/N-ethyl adjacent to an activating group) is 1. The lowest BCUT2D eigenvalue weighted by molar-refractivity contribution is -0.870. The summed E-state index contributed by atoms with van der Waals surface area (Å²) in [5, 5.41) is 9.81. The number of allylic oxidation sites excluding steroid dienone is 2. The smallest absolute Gasteiger partial charge is 0.305 e. The summed E-state index contributed by atoms with van der Waals surface area (Å²) in [4.78, 5) is 23.5. The zero-order valence-electron chi connectivity index (χ0n) is 24.2. The fourth-order valence-electron chi connectivity index (χ4n) is 3.64. The summed E-state index contributed by atoms with van der Waals surface area (Å²) in [6.07, 6.45) is 22.0. The first-order chi connectivity index (χ1) is 17.6. The average molecular weight is 550 g/mol. The number of rotatable bonds is 26. The molecule has 0 bridgehead atoms. The van der Waals surface area contributed by atoms with Gasteiger partial charge in [-0.05, 0) is 32.1 Å². The number of nitrogens with zero attached hydrogens (tertiary/aromatic N) is 1. The molecule has 8 nitrogen and oxygen atoms in total. The van der Waals surface area contributed by atoms with E-state index in [0.717, 1.165) is 32.1 Å². The Morgan fingerprint density at radius 3 is 1.89 bits per heavy atom. The van der Waals surface area contributed by atoms with E-state index in [2.05, 4.69) is 23.6 Å². The monoisotopic (exact) mass is 549 g/mol. The molecule has 0 saturated carbocycles. The summed E-state index contributed by atoms with van der Waals surface area (Å²) in [6.45, 7) is 1.93. The summed E-state index contributed by atoms with van der Waals surface area (Å²) < 4.78 is 26.7. The highest BCUT2D eigenvalue weighted by Crippen LogP contribution is 2.38. The van der Waals surface area contributed by atoms with Gasteiger partial charge >= 0.3 is 5.97 Å². The third-order valence-electron chi connectivity index (χ3n) is 6.02. The van der Waals surface area contributed by atoms with Crippen molar-refractivity contribution >= 4 is 13.8 Å². The number of carbonyl (C=O) groups is 1. The van der Waals surface area contributed by atoms with Crippen LogP contribution in [0.25, 0.3) is 0 Å². The van der Waals surface area contributed by atoms with E-state index in [-0.39, 0.29) is 13.2 Å². The van der Waals surface area contributed by atoms with Gasteiger partial charge in [-0.1, -0.05) is 83.3 Å². The molecule has 0 rings (SSSR count). The van der Waals surface area contributed by atoms with Crippen LogP contribution in [0.5, 0.6) is 0 Å². The lowest BCUT2D eigenvalue weighted by atomic mass is 10.1. The van der Waals surface area contributed by atoms with Crippen molar-refractivity contribution in [1.82, 2.24) is 0 Å². The van der Waals surface area contributed by atoms with Gasteiger partial charge in [0.25, 0.3) is 7.82 Å². The Kier molecular flexibility index (Phi) is 22.7. The van der Waals surface area contributed by atoms with Crippen LogP contribution < -0.4 is 4.89 Å². The molecule has 9 heteroatoms. The summed E-state index contributed by atoms with van der Waals surface area (Å²) in [5.41, 5.74) is 0. The standard InChI is InChI=1S/C28H56NO7P/c1-5-6-7-8-9-10-11-12-13-14-15-16-17-18-19-20-21-22-28(31)34-25-27(30)26-36-37(32,33)35-24-23-29(2,3)4/h14-15,27,30H,5-13,16-26H2,1-4H3/b15-14-/t27-/m1/s1. The van der Waals surface area contributed by atoms with E-state index in [1.165, 1.54) is 64.2 Å². The van der Waals surface area contributed by atoms with Gasteiger partial charge in [0.15, 0.2) is 0 Å². The second-order valence-electron chi connectivity index (χ2n) is 11.0. The predicted octanol–water partition coefficient (Wildman–Crippen LogP) is 5.92. The highest BCUT2D eigenvalue weighted by atomic mass is 31.2. The van der Waals surface area contributed by atoms with Gasteiger partial charge in [0.05, 0.1) is 27.7 Å². The second kappa shape index (κ2) is 23.2. The molecule has 0 aromatic rings. The van der Waals surface area contributed by atoms with Crippen molar-refractivity contribution in [3.05, 3.63) is 12.2 Å². The van der Waals surface area contributed by atoms with Crippen LogP contribution in [0.3, 0.4) is 0 Å². The molecule has 0 amide bonds. The Morgan fingerprint density at radius 2 is 1.35 bits per heavy atom. The summed E-state index contributed by atoms with van der Waals surface area (Å²) >= 11 is 0. The number of carbonyl (C=O) groups excluding carboxylic acids is 1. The number of quaternary nitrogens is 1. The molecular formula is C28H56NO7P. The third kappa shape index (κ3) is 28.1. The van der Waals surface area contributed by atoms with Crippen LogP contribution in [0.4, 0.5) is 0 Å². The molecule has 0 fully saturated rings. The van der Waals surface area contributed by atoms with Crippen LogP contribution in [0.15, 0.2) is 12.2 Å². The van der Waals surface area contributed by atoms with Gasteiger partial charge < -0.3 is 28.3 Å². The number of esters is 1. The zero-order chi connectivity index (χ0) is 27.8. The van der Waals surface area contributed by atoms with Crippen LogP contribution in [0, 0.1) is 0 Å². The van der Waals surface area contributed by atoms with E-state index in [1.54, 1.807) is 0 Å². The molecule has 1 N–H and O–H groups in total. The quantitative estimate of drug-likeness (QED) is 0.0470. The summed E-state index contributed by atoms with van der Waals surface area (Å²) in [7, 11) is 1.25. The van der Waals surface area contributed by atoms with Crippen LogP contribution in [-0.2, 0) is 23.1 Å². The van der Waals surface area contributed by atoms with E-state index in [9.17, 15) is 19.4 Å². The minimum Gasteiger partial charge on any atom is -0.756 e. The van der Waals surface area contributed by atoms with Crippen molar-refractivity contribution in [3.8, 4) is 0 Å². The molecule has 0 heterocycles. The Hall–Kier alpha value is -0.760. The van der Waals surface area contributed by atoms with E-state index in [4.69, 9.17) is 9.26 Å². The SMILES string of the molecule is CCCCCCCCCC/C=C\CCCCCCCC(=O)OC[C@@H](O)COP(=O)([O-])OCC[N+](C)(C)C. The molecule has 37 heavy (non-hydrogen) atoms. The van der Waals surface area contributed by atoms with Crippen LogP contribution in [0.1, 0.15) is 110 Å². The van der Waals surface area contributed by atoms with E-state index in [0.29, 0.717) is 17.4 Å². The van der Waals surface area contributed by atoms with Crippen molar-refractivity contribution < 1.29 is 37.6 Å². The molecular weight excluding hydrogens is 493 g/mol. The van der Waals surface area contributed by atoms with E-state index >= 15 is 0 Å². The fourth-order valence-corrected chi connectivity index (χ4v) is 4.38. The topological polar surface area (TPSA) is 105 Å². The van der Waals surface area contributed by atoms with Gasteiger partial charge in [-0.3, -0.25) is 9.36 Å². The minimum atomic E-state index is -4.49. The van der Waals surface area contributed by atoms with Gasteiger partial charge in [-0.25, -0.2) is 0 Å². The number of aliphatic hydroxyl groups excluding tert-OH is 1. The molecule has 0 aliphatic heterocycles. The Bertz CT molecular complexity index is 622. The molecule has 2 atom stereocenters. The van der Waals surface area contributed by atoms with Crippen LogP contribution >= 0.6 is 7.82 Å². The number of hydrogen-bond donors (Lipinski definition) is 1. The summed E-state index contributed by atoms with van der Waals surface area (Å²) in [6, 6.07) is 0. The molecule has 1 unspecified atom stereocenters. The summed E-state index contributed by atoms with van der Waals surface area (Å²) in [5.74, 6) is -0.396. The maximum absolute atomic E-state index is 11.8. The van der Waals surface area contributed by atoms with Gasteiger partial charge in [-0.15, -0.1) is 0 Å². The number of unbranched alkanes of at least 4 members (excludes halogenated alkanes) is 13. The molecule has 0 spiro atoms. The van der Waals surface area contributed by atoms with Crippen molar-refractivity contribution in [2.45, 2.75) is 116 Å². The lowest BCUT2D eigenvalue weighted by Crippen LogP contribution is -2.37. The van der Waals surface area contributed by atoms with Crippen LogP contribution in [-0.4, -0.2) is 69.2 Å². The number of phosphoric acid groups is 1. The van der Waals surface area contributed by atoms with Crippen molar-refractivity contribution in [1.29, 1.82) is 0 Å². The maximum atomic E-state index is 11.8. The highest BCUT2D eigenvalue weighted by molar-refractivity contribution is 7.45. The Morgan fingerprint density at radius 1 is 0.838 bits per heavy atom. The van der Waals surface area contributed by atoms with Crippen molar-refractivity contribution in [2.75, 3.05) is 47.5 Å². The number of hydrogen-bond acceptors (Lipinski definition) is 7. The first kappa shape index (κ1) is 36.2. The van der Waals surface area contributed by atoms with Gasteiger partial charge in [0, 0.05) is 6.42 Å². The average Bonchev–Trinajstić information content (AvgIpc) is 2.82. The van der Waals surface area contributed by atoms with Crippen LogP contribution in [0.2, 0.25) is 0 Å². The third-order valence-corrected chi connectivity index (χ3v) is 6.98. The first-order valence-electron chi connectivity index (χ1n) is 14.4. The Labute approximate surface area is 227 Å². The predicted molar refractivity (Wildman–Crippen MR) is 148 cm³/mol. The number of aliphatic hydroxyl groups is 1. The molecule has 220 valence electrons. The first-order valence-corrected chi connectivity index (χ1v) is 15.9. The molecule has 0 aliphatic rings. The number of ether oxygens (including phenoxy) is 1. The van der Waals surface area contributed by atoms with Gasteiger partial charge in [-0.2, -0.15) is 0 Å². The lowest BCUT2D eigenvalue weighted by Gasteiger charge is -2.27. The molecule has 0 saturated heterocycles. The molecule has 0 aromatic heterocycles. The van der Waals surface area contributed by atoms with Crippen molar-refractivity contribution in [2.24, 2.45) is 0 Å². The molecule has 0 radical (unpaired) electrons. The Balaban J connectivity index is 3.55. The zero-order valence-corrected chi connectivity index (χ0v) is 25.1. The van der Waals surface area contributed by atoms with E-state index in [1.807, 2.05) is 21.1 Å². The largest absolute Gasteiger partial charge is 0.756 e. The fraction of sp³-hybridized carbons (Fsp3) is 0.893. The van der Waals surface area contributed by atoms with E-state index < -0.39 is 26.5 Å². The molecule has 0 aliphatic carbocycles. The minimum absolute atomic E-state index is 0.00852. The van der Waals surface area contributed by atoms with Gasteiger partial charge in [0.1, 0.15) is 25.9 Å². The molecule has 0 aromatic carbocycles. The number of phosphoric ester groups is 1. The van der Waals surface area contributed by atoms with Crippen molar-refractivity contribution in [3.63, 3.8) is 0 Å². The second-order valence-corrected chi connectivity index (χ2v) is 12.4.